The maximum Gasteiger partial charge on any atom is 0.350 e. The summed E-state index contributed by atoms with van der Waals surface area (Å²) in [5, 5.41) is 9.69. The lowest BCUT2D eigenvalue weighted by atomic mass is 10.0. The van der Waals surface area contributed by atoms with Gasteiger partial charge in [-0.15, -0.1) is 11.3 Å². The lowest BCUT2D eigenvalue weighted by Gasteiger charge is -2.12. The molecule has 0 aliphatic rings. The first kappa shape index (κ1) is 20.7. The number of methoxy groups -OCH3 is 1. The molecule has 7 nitrogen and oxygen atoms in total. The van der Waals surface area contributed by atoms with Crippen LogP contribution in [0, 0.1) is 6.92 Å². The Balaban J connectivity index is 1.85. The Hall–Kier alpha value is -3.52. The van der Waals surface area contributed by atoms with Gasteiger partial charge in [-0.25, -0.2) is 14.5 Å². The van der Waals surface area contributed by atoms with E-state index in [1.165, 1.54) is 18.4 Å². The van der Waals surface area contributed by atoms with E-state index in [9.17, 15) is 9.59 Å². The topological polar surface area (TPSA) is 86.1 Å². The average Bonchev–Trinajstić information content (AvgIpc) is 3.39. The van der Waals surface area contributed by atoms with Crippen LogP contribution < -0.4 is 5.32 Å². The third-order valence-electron chi connectivity index (χ3n) is 5.01. The Morgan fingerprint density at radius 2 is 1.97 bits per heavy atom. The first-order valence-electron chi connectivity index (χ1n) is 9.82. The van der Waals surface area contributed by atoms with Gasteiger partial charge in [-0.05, 0) is 43.8 Å². The van der Waals surface area contributed by atoms with Gasteiger partial charge < -0.3 is 10.1 Å². The number of amides is 1. The van der Waals surface area contributed by atoms with Gasteiger partial charge in [-0.2, -0.15) is 5.10 Å². The second-order valence-corrected chi connectivity index (χ2v) is 8.32. The maximum absolute atomic E-state index is 13.3. The van der Waals surface area contributed by atoms with Gasteiger partial charge in [0, 0.05) is 11.6 Å². The molecule has 0 aliphatic carbocycles. The molecule has 0 saturated heterocycles. The van der Waals surface area contributed by atoms with Crippen LogP contribution in [0.4, 0.5) is 5.69 Å². The molecule has 0 aliphatic heterocycles. The molecule has 31 heavy (non-hydrogen) atoms. The van der Waals surface area contributed by atoms with E-state index in [-0.39, 0.29) is 11.9 Å². The van der Waals surface area contributed by atoms with Gasteiger partial charge in [-0.1, -0.05) is 24.3 Å². The van der Waals surface area contributed by atoms with Crippen LogP contribution in [0.25, 0.3) is 22.3 Å². The second kappa shape index (κ2) is 8.31. The van der Waals surface area contributed by atoms with Crippen LogP contribution in [0.3, 0.4) is 0 Å². The molecule has 1 amide bonds. The number of hydrogen-bond donors (Lipinski definition) is 1. The maximum atomic E-state index is 13.3. The van der Waals surface area contributed by atoms with Crippen LogP contribution in [-0.2, 0) is 4.74 Å². The van der Waals surface area contributed by atoms with Gasteiger partial charge in [0.15, 0.2) is 5.65 Å². The fourth-order valence-corrected chi connectivity index (χ4v) is 4.20. The highest BCUT2D eigenvalue weighted by atomic mass is 32.1. The highest BCUT2D eigenvalue weighted by Crippen LogP contribution is 2.30. The van der Waals surface area contributed by atoms with E-state index in [4.69, 9.17) is 9.72 Å². The normalized spacial score (nSPS) is 11.1. The van der Waals surface area contributed by atoms with Crippen molar-refractivity contribution in [3.8, 4) is 11.3 Å². The summed E-state index contributed by atoms with van der Waals surface area (Å²) >= 11 is 1.21. The van der Waals surface area contributed by atoms with Crippen molar-refractivity contribution in [2.45, 2.75) is 26.8 Å². The number of nitrogens with zero attached hydrogens (tertiary/aromatic N) is 3. The van der Waals surface area contributed by atoms with Crippen LogP contribution in [0.15, 0.2) is 48.0 Å². The average molecular weight is 435 g/mol. The standard InChI is InChI=1S/C23H22N4O3S/c1-13(2)27-21-17(12-24-27)16(11-19(25-21)15-8-6-5-7-14(15)3)22(28)26-18-9-10-31-20(18)23(29)30-4/h5-13H,1-4H3,(H,26,28). The number of ether oxygens (including phenoxy) is 1. The van der Waals surface area contributed by atoms with Crippen LogP contribution in [-0.4, -0.2) is 33.8 Å². The van der Waals surface area contributed by atoms with E-state index in [1.807, 2.05) is 45.0 Å². The summed E-state index contributed by atoms with van der Waals surface area (Å²) in [7, 11) is 1.31. The highest BCUT2D eigenvalue weighted by Gasteiger charge is 2.21. The van der Waals surface area contributed by atoms with Gasteiger partial charge in [0.25, 0.3) is 5.91 Å². The van der Waals surface area contributed by atoms with Crippen molar-refractivity contribution >= 4 is 39.9 Å². The van der Waals surface area contributed by atoms with Gasteiger partial charge in [0.05, 0.1) is 35.6 Å². The van der Waals surface area contributed by atoms with Crippen LogP contribution in [0.2, 0.25) is 0 Å². The number of carbonyl (C=O) groups is 2. The molecule has 1 N–H and O–H groups in total. The summed E-state index contributed by atoms with van der Waals surface area (Å²) in [5.41, 5.74) is 4.19. The quantitative estimate of drug-likeness (QED) is 0.442. The summed E-state index contributed by atoms with van der Waals surface area (Å²) in [6.45, 7) is 6.04. The lowest BCUT2D eigenvalue weighted by Crippen LogP contribution is -2.15. The predicted octanol–water partition coefficient (Wildman–Crippen LogP) is 5.09. The zero-order chi connectivity index (χ0) is 22.1. The number of esters is 1. The Morgan fingerprint density at radius 3 is 2.68 bits per heavy atom. The molecule has 4 aromatic rings. The number of rotatable bonds is 5. The Bertz CT molecular complexity index is 1290. The third-order valence-corrected chi connectivity index (χ3v) is 5.90. The minimum Gasteiger partial charge on any atom is -0.465 e. The lowest BCUT2D eigenvalue weighted by molar-refractivity contribution is 0.0607. The van der Waals surface area contributed by atoms with E-state index < -0.39 is 5.97 Å². The molecule has 1 aromatic carbocycles. The van der Waals surface area contributed by atoms with Gasteiger partial charge in [-0.3, -0.25) is 4.79 Å². The zero-order valence-corrected chi connectivity index (χ0v) is 18.5. The molecule has 4 rings (SSSR count). The summed E-state index contributed by atoms with van der Waals surface area (Å²) in [6.07, 6.45) is 1.66. The summed E-state index contributed by atoms with van der Waals surface area (Å²) < 4.78 is 6.61. The van der Waals surface area contributed by atoms with Crippen LogP contribution in [0.5, 0.6) is 0 Å². The molecule has 0 spiro atoms. The van der Waals surface area contributed by atoms with Crippen molar-refractivity contribution in [1.82, 2.24) is 14.8 Å². The molecule has 0 fully saturated rings. The Labute approximate surface area is 183 Å². The molecule has 158 valence electrons. The minimum absolute atomic E-state index is 0.0795. The summed E-state index contributed by atoms with van der Waals surface area (Å²) in [4.78, 5) is 30.5. The number of pyridine rings is 1. The highest BCUT2D eigenvalue weighted by molar-refractivity contribution is 7.12. The monoisotopic (exact) mass is 434 g/mol. The van der Waals surface area contributed by atoms with Gasteiger partial charge in [0.2, 0.25) is 0 Å². The Morgan fingerprint density at radius 1 is 1.19 bits per heavy atom. The molecule has 0 unspecified atom stereocenters. The molecular weight excluding hydrogens is 412 g/mol. The van der Waals surface area contributed by atoms with Crippen molar-refractivity contribution in [2.24, 2.45) is 0 Å². The summed E-state index contributed by atoms with van der Waals surface area (Å²) in [6, 6.07) is 11.4. The predicted molar refractivity (Wildman–Crippen MR) is 122 cm³/mol. The third kappa shape index (κ3) is 3.82. The van der Waals surface area contributed by atoms with Crippen molar-refractivity contribution in [3.63, 3.8) is 0 Å². The van der Waals surface area contributed by atoms with Crippen molar-refractivity contribution in [3.05, 3.63) is 64.0 Å². The molecule has 0 atom stereocenters. The fraction of sp³-hybridized carbons (Fsp3) is 0.217. The number of thiophene rings is 1. The van der Waals surface area contributed by atoms with Crippen molar-refractivity contribution in [2.75, 3.05) is 12.4 Å². The van der Waals surface area contributed by atoms with E-state index in [0.717, 1.165) is 11.1 Å². The molecule has 0 bridgehead atoms. The minimum atomic E-state index is -0.488. The molecule has 3 heterocycles. The smallest absolute Gasteiger partial charge is 0.350 e. The second-order valence-electron chi connectivity index (χ2n) is 7.40. The largest absolute Gasteiger partial charge is 0.465 e. The Kier molecular flexibility index (Phi) is 5.56. The number of anilines is 1. The van der Waals surface area contributed by atoms with Crippen LogP contribution >= 0.6 is 11.3 Å². The fourth-order valence-electron chi connectivity index (χ4n) is 3.43. The number of hydrogen-bond acceptors (Lipinski definition) is 6. The molecule has 8 heteroatoms. The molecule has 0 saturated carbocycles. The SMILES string of the molecule is COC(=O)c1sccc1NC(=O)c1cc(-c2ccccc2C)nc2c1cnn2C(C)C. The van der Waals surface area contributed by atoms with E-state index in [1.54, 1.807) is 28.4 Å². The van der Waals surface area contributed by atoms with Crippen molar-refractivity contribution < 1.29 is 14.3 Å². The van der Waals surface area contributed by atoms with E-state index in [0.29, 0.717) is 32.9 Å². The van der Waals surface area contributed by atoms with Gasteiger partial charge >= 0.3 is 5.97 Å². The molecular formula is C23H22N4O3S. The van der Waals surface area contributed by atoms with Crippen LogP contribution in [0.1, 0.15) is 45.5 Å². The number of nitrogens with one attached hydrogen (secondary N) is 1. The summed E-state index contributed by atoms with van der Waals surface area (Å²) in [5.74, 6) is -0.826. The van der Waals surface area contributed by atoms with Crippen molar-refractivity contribution in [1.29, 1.82) is 0 Å². The first-order chi connectivity index (χ1) is 14.9. The van der Waals surface area contributed by atoms with E-state index >= 15 is 0 Å². The number of carbonyl (C=O) groups excluding carboxylic acids is 2. The number of aryl methyl sites for hydroxylation is 1. The van der Waals surface area contributed by atoms with E-state index in [2.05, 4.69) is 10.4 Å². The first-order valence-corrected chi connectivity index (χ1v) is 10.7. The van der Waals surface area contributed by atoms with Gasteiger partial charge in [0.1, 0.15) is 4.88 Å². The number of fused-ring (bicyclic) bond motifs is 1. The molecule has 0 radical (unpaired) electrons. The molecule has 3 aromatic heterocycles. The number of aromatic nitrogens is 3. The zero-order valence-electron chi connectivity index (χ0n) is 17.7. The number of benzene rings is 1.